The molecule has 1 aliphatic rings. The highest BCUT2D eigenvalue weighted by Crippen LogP contribution is 2.40. The monoisotopic (exact) mass is 266 g/mol. The first-order valence-electron chi connectivity index (χ1n) is 4.74. The van der Waals surface area contributed by atoms with Crippen LogP contribution in [0.4, 0.5) is 0 Å². The number of hydrogen-bond donors (Lipinski definition) is 1. The molecule has 5 heteroatoms. The van der Waals surface area contributed by atoms with E-state index in [0.717, 1.165) is 5.56 Å². The molecule has 0 amide bonds. The van der Waals surface area contributed by atoms with E-state index < -0.39 is 0 Å². The van der Waals surface area contributed by atoms with Crippen LogP contribution in [0.5, 0.6) is 0 Å². The lowest BCUT2D eigenvalue weighted by molar-refractivity contribution is 0.264. The van der Waals surface area contributed by atoms with Crippen LogP contribution < -0.4 is 5.73 Å². The largest absolute Gasteiger partial charge is 0.324 e. The molecule has 0 spiro atoms. The fourth-order valence-electron chi connectivity index (χ4n) is 1.77. The number of rotatable bonds is 2. The van der Waals surface area contributed by atoms with E-state index >= 15 is 0 Å². The minimum absolute atomic E-state index is 0. The van der Waals surface area contributed by atoms with Crippen molar-refractivity contribution in [1.82, 2.24) is 4.98 Å². The third-order valence-corrected chi connectivity index (χ3v) is 3.48. The average Bonchev–Trinajstić information content (AvgIpc) is 2.00. The lowest BCUT2D eigenvalue weighted by Gasteiger charge is -2.32. The van der Waals surface area contributed by atoms with Gasteiger partial charge in [0.15, 0.2) is 0 Å². The topological polar surface area (TPSA) is 38.9 Å². The van der Waals surface area contributed by atoms with Gasteiger partial charge in [0.1, 0.15) is 0 Å². The molecule has 0 radical (unpaired) electrons. The minimum atomic E-state index is -0.0354. The molecule has 84 valence electrons. The van der Waals surface area contributed by atoms with E-state index in [2.05, 4.69) is 4.98 Å². The van der Waals surface area contributed by atoms with Gasteiger partial charge in [-0.15, -0.1) is 12.4 Å². The van der Waals surface area contributed by atoms with Crippen molar-refractivity contribution in [2.24, 2.45) is 11.7 Å². The fraction of sp³-hybridized carbons (Fsp3) is 0.500. The quantitative estimate of drug-likeness (QED) is 0.889. The van der Waals surface area contributed by atoms with Crippen LogP contribution in [0.3, 0.4) is 0 Å². The summed E-state index contributed by atoms with van der Waals surface area (Å²) >= 11 is 12.0. The van der Waals surface area contributed by atoms with E-state index in [4.69, 9.17) is 28.9 Å². The minimum Gasteiger partial charge on any atom is -0.324 e. The van der Waals surface area contributed by atoms with Crippen LogP contribution >= 0.6 is 35.6 Å². The Hall–Kier alpha value is -0.0200. The molecule has 1 aromatic heterocycles. The number of halogens is 3. The van der Waals surface area contributed by atoms with Gasteiger partial charge in [0.2, 0.25) is 0 Å². The Morgan fingerprint density at radius 3 is 2.20 bits per heavy atom. The summed E-state index contributed by atoms with van der Waals surface area (Å²) in [6.45, 7) is 0. The molecule has 0 aromatic carbocycles. The van der Waals surface area contributed by atoms with Gasteiger partial charge >= 0.3 is 0 Å². The molecule has 1 fully saturated rings. The van der Waals surface area contributed by atoms with Gasteiger partial charge in [0.05, 0.1) is 10.0 Å². The summed E-state index contributed by atoms with van der Waals surface area (Å²) in [7, 11) is 0. The average molecular weight is 268 g/mol. The molecule has 0 saturated heterocycles. The molecule has 0 bridgehead atoms. The van der Waals surface area contributed by atoms with E-state index in [1.165, 1.54) is 19.3 Å². The summed E-state index contributed by atoms with van der Waals surface area (Å²) in [6.07, 6.45) is 6.81. The van der Waals surface area contributed by atoms with Gasteiger partial charge in [-0.05, 0) is 18.8 Å². The van der Waals surface area contributed by atoms with Crippen molar-refractivity contribution in [3.8, 4) is 0 Å². The molecule has 0 unspecified atom stereocenters. The highest BCUT2D eigenvalue weighted by Gasteiger charge is 2.28. The van der Waals surface area contributed by atoms with E-state index in [0.29, 0.717) is 16.0 Å². The number of aromatic nitrogens is 1. The Morgan fingerprint density at radius 1 is 1.27 bits per heavy atom. The second kappa shape index (κ2) is 5.35. The van der Waals surface area contributed by atoms with E-state index in [9.17, 15) is 0 Å². The molecule has 2 rings (SSSR count). The second-order valence-corrected chi connectivity index (χ2v) is 4.55. The number of nitrogens with zero attached hydrogens (tertiary/aromatic N) is 1. The summed E-state index contributed by atoms with van der Waals surface area (Å²) in [5.74, 6) is 0.535. The predicted octanol–water partition coefficient (Wildman–Crippen LogP) is 3.61. The summed E-state index contributed by atoms with van der Waals surface area (Å²) in [6, 6.07) is -0.0354. The van der Waals surface area contributed by atoms with Gasteiger partial charge in [0.25, 0.3) is 0 Å². The Balaban J connectivity index is 0.00000112. The summed E-state index contributed by atoms with van der Waals surface area (Å²) in [4.78, 5) is 3.91. The van der Waals surface area contributed by atoms with Crippen LogP contribution in [0.15, 0.2) is 12.4 Å². The van der Waals surface area contributed by atoms with Crippen LogP contribution in [0, 0.1) is 5.92 Å². The zero-order valence-corrected chi connectivity index (χ0v) is 10.4. The second-order valence-electron chi connectivity index (χ2n) is 3.73. The smallest absolute Gasteiger partial charge is 0.0652 e. The molecule has 15 heavy (non-hydrogen) atoms. The van der Waals surface area contributed by atoms with Crippen molar-refractivity contribution >= 4 is 35.6 Å². The van der Waals surface area contributed by atoms with Crippen molar-refractivity contribution in [3.05, 3.63) is 28.0 Å². The first kappa shape index (κ1) is 13.0. The molecule has 1 aromatic rings. The highest BCUT2D eigenvalue weighted by molar-refractivity contribution is 6.35. The van der Waals surface area contributed by atoms with E-state index in [-0.39, 0.29) is 18.4 Å². The van der Waals surface area contributed by atoms with Gasteiger partial charge in [-0.1, -0.05) is 29.6 Å². The molecule has 1 atom stereocenters. The molecule has 1 aliphatic carbocycles. The molecule has 1 saturated carbocycles. The zero-order chi connectivity index (χ0) is 10.1. The van der Waals surface area contributed by atoms with Crippen molar-refractivity contribution < 1.29 is 0 Å². The van der Waals surface area contributed by atoms with Crippen LogP contribution in [0.25, 0.3) is 0 Å². The number of nitrogens with two attached hydrogens (primary N) is 1. The number of pyridine rings is 1. The van der Waals surface area contributed by atoms with Gasteiger partial charge in [-0.2, -0.15) is 0 Å². The van der Waals surface area contributed by atoms with Crippen LogP contribution in [-0.2, 0) is 0 Å². The molecule has 2 N–H and O–H groups in total. The molecule has 0 aliphatic heterocycles. The summed E-state index contributed by atoms with van der Waals surface area (Å²) < 4.78 is 0. The van der Waals surface area contributed by atoms with Gasteiger partial charge in [-0.25, -0.2) is 0 Å². The Kier molecular flexibility index (Phi) is 4.65. The normalized spacial score (nSPS) is 17.8. The molecular weight excluding hydrogens is 254 g/mol. The maximum atomic E-state index is 6.11. The fourth-order valence-corrected chi connectivity index (χ4v) is 2.39. The van der Waals surface area contributed by atoms with Gasteiger partial charge in [0, 0.05) is 24.0 Å². The molecular formula is C10H13Cl3N2. The number of hydrogen-bond acceptors (Lipinski definition) is 2. The summed E-state index contributed by atoms with van der Waals surface area (Å²) in [5.41, 5.74) is 6.96. The van der Waals surface area contributed by atoms with Crippen molar-refractivity contribution in [3.63, 3.8) is 0 Å². The molecule has 2 nitrogen and oxygen atoms in total. The van der Waals surface area contributed by atoms with Gasteiger partial charge < -0.3 is 5.73 Å². The van der Waals surface area contributed by atoms with Crippen molar-refractivity contribution in [1.29, 1.82) is 0 Å². The van der Waals surface area contributed by atoms with Crippen LogP contribution in [-0.4, -0.2) is 4.98 Å². The Morgan fingerprint density at radius 2 is 1.80 bits per heavy atom. The first-order chi connectivity index (χ1) is 6.70. The SMILES string of the molecule is Cl.N[C@@H](c1c(Cl)cncc1Cl)C1CCC1. The Bertz CT molecular complexity index is 319. The standard InChI is InChI=1S/C10H12Cl2N2.ClH/c11-7-4-14-5-8(12)9(7)10(13)6-2-1-3-6;/h4-6,10H,1-3,13H2;1H/t10-;/m1./s1. The Labute approximate surface area is 106 Å². The third-order valence-electron chi connectivity index (χ3n) is 2.88. The van der Waals surface area contributed by atoms with E-state index in [1.807, 2.05) is 0 Å². The zero-order valence-electron chi connectivity index (χ0n) is 8.12. The van der Waals surface area contributed by atoms with Crippen molar-refractivity contribution in [2.75, 3.05) is 0 Å². The first-order valence-corrected chi connectivity index (χ1v) is 5.50. The maximum absolute atomic E-state index is 6.11. The maximum Gasteiger partial charge on any atom is 0.0652 e. The van der Waals surface area contributed by atoms with E-state index in [1.54, 1.807) is 12.4 Å². The lowest BCUT2D eigenvalue weighted by Crippen LogP contribution is -2.27. The van der Waals surface area contributed by atoms with Crippen LogP contribution in [0.2, 0.25) is 10.0 Å². The van der Waals surface area contributed by atoms with Gasteiger partial charge in [-0.3, -0.25) is 4.98 Å². The molecule has 1 heterocycles. The predicted molar refractivity (Wildman–Crippen MR) is 65.8 cm³/mol. The van der Waals surface area contributed by atoms with Crippen molar-refractivity contribution in [2.45, 2.75) is 25.3 Å². The lowest BCUT2D eigenvalue weighted by atomic mass is 9.78. The highest BCUT2D eigenvalue weighted by atomic mass is 35.5. The summed E-state index contributed by atoms with van der Waals surface area (Å²) in [5, 5.41) is 1.16. The third kappa shape index (κ3) is 2.56. The van der Waals surface area contributed by atoms with Crippen LogP contribution in [0.1, 0.15) is 30.9 Å².